The molecule has 1 N–H and O–H groups in total. The Hall–Kier alpha value is -1.33. The van der Waals surface area contributed by atoms with E-state index in [9.17, 15) is 8.78 Å². The summed E-state index contributed by atoms with van der Waals surface area (Å²) in [5.41, 5.74) is 0. The number of hydrogen-bond donors (Lipinski definition) is 1. The van der Waals surface area contributed by atoms with Crippen LogP contribution in [0.4, 0.5) is 8.78 Å². The molecule has 1 saturated carbocycles. The number of rotatable bonds is 6. The minimum absolute atomic E-state index is 0.305. The van der Waals surface area contributed by atoms with Gasteiger partial charge in [-0.3, -0.25) is 0 Å². The summed E-state index contributed by atoms with van der Waals surface area (Å²) in [5.74, 6) is 1.31. The summed E-state index contributed by atoms with van der Waals surface area (Å²) in [5, 5.41) is 3.37. The number of nitrogens with one attached hydrogen (secondary N) is 1. The third kappa shape index (κ3) is 3.61. The fraction of sp³-hybridized carbons (Fsp3) is 0.333. The Morgan fingerprint density at radius 2 is 1.95 bits per heavy atom. The average Bonchev–Trinajstić information content (AvgIpc) is 3.16. The molecule has 1 aromatic heterocycles. The number of halogens is 2. The van der Waals surface area contributed by atoms with Crippen molar-refractivity contribution in [1.82, 2.24) is 5.32 Å². The number of furan rings is 1. The first-order valence-corrected chi connectivity index (χ1v) is 7.58. The van der Waals surface area contributed by atoms with Crippen LogP contribution < -0.4 is 5.32 Å². The third-order valence-corrected chi connectivity index (χ3v) is 4.18. The largest absolute Gasteiger partial charge is 0.464 e. The molecule has 0 amide bonds. The highest BCUT2D eigenvalue weighted by Gasteiger charge is 2.20. The van der Waals surface area contributed by atoms with Crippen LogP contribution in [0.15, 0.2) is 39.6 Å². The fourth-order valence-corrected chi connectivity index (χ4v) is 2.72. The van der Waals surface area contributed by atoms with Gasteiger partial charge < -0.3 is 9.73 Å². The van der Waals surface area contributed by atoms with Crippen LogP contribution in [0, 0.1) is 11.6 Å². The molecule has 0 saturated heterocycles. The third-order valence-electron chi connectivity index (χ3n) is 3.12. The minimum atomic E-state index is -0.428. The van der Waals surface area contributed by atoms with Gasteiger partial charge in [0, 0.05) is 10.9 Å². The van der Waals surface area contributed by atoms with Gasteiger partial charge in [0.25, 0.3) is 0 Å². The SMILES string of the molecule is Fc1ccc(F)c(SCc2ccc(CNC3CC3)o2)c1. The Kier molecular flexibility index (Phi) is 4.08. The Bertz CT molecular complexity index is 595. The predicted octanol–water partition coefficient (Wildman–Crippen LogP) is 4.10. The van der Waals surface area contributed by atoms with Crippen LogP contribution in [-0.4, -0.2) is 6.04 Å². The van der Waals surface area contributed by atoms with Gasteiger partial charge in [0.05, 0.1) is 12.3 Å². The van der Waals surface area contributed by atoms with E-state index < -0.39 is 11.6 Å². The molecule has 0 bridgehead atoms. The Balaban J connectivity index is 1.55. The maximum atomic E-state index is 13.5. The normalized spacial score (nSPS) is 14.7. The lowest BCUT2D eigenvalue weighted by atomic mass is 10.3. The van der Waals surface area contributed by atoms with Crippen molar-refractivity contribution >= 4 is 11.8 Å². The zero-order chi connectivity index (χ0) is 13.9. The van der Waals surface area contributed by atoms with E-state index in [1.54, 1.807) is 0 Å². The molecule has 5 heteroatoms. The summed E-state index contributed by atoms with van der Waals surface area (Å²) in [7, 11) is 0. The molecule has 2 aromatic rings. The molecule has 1 aromatic carbocycles. The second-order valence-electron chi connectivity index (χ2n) is 4.89. The molecule has 2 nitrogen and oxygen atoms in total. The van der Waals surface area contributed by atoms with Crippen molar-refractivity contribution in [1.29, 1.82) is 0 Å². The molecular formula is C15H15F2NOS. The van der Waals surface area contributed by atoms with E-state index in [1.165, 1.54) is 30.7 Å². The van der Waals surface area contributed by atoms with Crippen LogP contribution in [0.2, 0.25) is 0 Å². The first kappa shape index (κ1) is 13.6. The fourth-order valence-electron chi connectivity index (χ4n) is 1.86. The highest BCUT2D eigenvalue weighted by molar-refractivity contribution is 7.98. The first-order chi connectivity index (χ1) is 9.70. The van der Waals surface area contributed by atoms with Gasteiger partial charge in [0.15, 0.2) is 0 Å². The molecule has 0 spiro atoms. The second kappa shape index (κ2) is 5.97. The molecule has 1 fully saturated rings. The highest BCUT2D eigenvalue weighted by atomic mass is 32.2. The van der Waals surface area contributed by atoms with Crippen molar-refractivity contribution in [3.8, 4) is 0 Å². The summed E-state index contributed by atoms with van der Waals surface area (Å²) >= 11 is 1.24. The van der Waals surface area contributed by atoms with Crippen LogP contribution in [0.25, 0.3) is 0 Å². The molecule has 0 unspecified atom stereocenters. The monoisotopic (exact) mass is 295 g/mol. The van der Waals surface area contributed by atoms with Crippen LogP contribution in [0.1, 0.15) is 24.4 Å². The van der Waals surface area contributed by atoms with Gasteiger partial charge in [-0.15, -0.1) is 11.8 Å². The molecule has 0 atom stereocenters. The van der Waals surface area contributed by atoms with E-state index in [2.05, 4.69) is 5.32 Å². The zero-order valence-corrected chi connectivity index (χ0v) is 11.7. The van der Waals surface area contributed by atoms with E-state index >= 15 is 0 Å². The lowest BCUT2D eigenvalue weighted by molar-refractivity contribution is 0.458. The van der Waals surface area contributed by atoms with E-state index in [0.29, 0.717) is 16.7 Å². The molecule has 0 aliphatic heterocycles. The summed E-state index contributed by atoms with van der Waals surface area (Å²) in [6.45, 7) is 0.726. The van der Waals surface area contributed by atoms with Crippen LogP contribution in [0.3, 0.4) is 0 Å². The Morgan fingerprint density at radius 1 is 1.15 bits per heavy atom. The van der Waals surface area contributed by atoms with E-state index in [-0.39, 0.29) is 0 Å². The number of benzene rings is 1. The molecule has 0 radical (unpaired) electrons. The molecule has 3 rings (SSSR count). The number of thioether (sulfide) groups is 1. The van der Waals surface area contributed by atoms with Crippen molar-refractivity contribution in [3.63, 3.8) is 0 Å². The van der Waals surface area contributed by atoms with Crippen molar-refractivity contribution in [3.05, 3.63) is 53.5 Å². The Morgan fingerprint density at radius 3 is 2.75 bits per heavy atom. The van der Waals surface area contributed by atoms with Crippen molar-refractivity contribution < 1.29 is 13.2 Å². The van der Waals surface area contributed by atoms with Gasteiger partial charge >= 0.3 is 0 Å². The van der Waals surface area contributed by atoms with E-state index in [0.717, 1.165) is 30.2 Å². The molecule has 106 valence electrons. The Labute approximate surface area is 120 Å². The van der Waals surface area contributed by atoms with Crippen molar-refractivity contribution in [2.45, 2.75) is 36.1 Å². The minimum Gasteiger partial charge on any atom is -0.464 e. The molecule has 1 aliphatic rings. The molecule has 1 aliphatic carbocycles. The lowest BCUT2D eigenvalue weighted by Crippen LogP contribution is -2.14. The van der Waals surface area contributed by atoms with Crippen molar-refractivity contribution in [2.75, 3.05) is 0 Å². The quantitative estimate of drug-likeness (QED) is 0.812. The average molecular weight is 295 g/mol. The van der Waals surface area contributed by atoms with Gasteiger partial charge in [0.2, 0.25) is 0 Å². The maximum absolute atomic E-state index is 13.5. The van der Waals surface area contributed by atoms with Gasteiger partial charge in [-0.1, -0.05) is 0 Å². The standard InChI is InChI=1S/C15H15F2NOS/c16-10-1-6-14(17)15(7-10)20-9-13-5-4-12(19-13)8-18-11-2-3-11/h1,4-7,11,18H,2-3,8-9H2. The summed E-state index contributed by atoms with van der Waals surface area (Å²) < 4.78 is 32.2. The highest BCUT2D eigenvalue weighted by Crippen LogP contribution is 2.27. The predicted molar refractivity (Wildman–Crippen MR) is 74.5 cm³/mol. The molecular weight excluding hydrogens is 280 g/mol. The van der Waals surface area contributed by atoms with Crippen molar-refractivity contribution in [2.24, 2.45) is 0 Å². The second-order valence-corrected chi connectivity index (χ2v) is 5.90. The first-order valence-electron chi connectivity index (χ1n) is 6.59. The van der Waals surface area contributed by atoms with Crippen LogP contribution >= 0.6 is 11.8 Å². The smallest absolute Gasteiger partial charge is 0.136 e. The van der Waals surface area contributed by atoms with E-state index in [4.69, 9.17) is 4.42 Å². The summed E-state index contributed by atoms with van der Waals surface area (Å²) in [4.78, 5) is 0.305. The zero-order valence-electron chi connectivity index (χ0n) is 10.9. The maximum Gasteiger partial charge on any atom is 0.136 e. The molecule has 20 heavy (non-hydrogen) atoms. The molecule has 1 heterocycles. The summed E-state index contributed by atoms with van der Waals surface area (Å²) in [6, 6.07) is 7.91. The van der Waals surface area contributed by atoms with Crippen LogP contribution in [0.5, 0.6) is 0 Å². The van der Waals surface area contributed by atoms with Gasteiger partial charge in [0.1, 0.15) is 23.2 Å². The van der Waals surface area contributed by atoms with Gasteiger partial charge in [-0.25, -0.2) is 8.78 Å². The summed E-state index contributed by atoms with van der Waals surface area (Å²) in [6.07, 6.45) is 2.48. The number of hydrogen-bond acceptors (Lipinski definition) is 3. The van der Waals surface area contributed by atoms with Gasteiger partial charge in [-0.05, 0) is 43.2 Å². The van der Waals surface area contributed by atoms with Gasteiger partial charge in [-0.2, -0.15) is 0 Å². The van der Waals surface area contributed by atoms with Crippen LogP contribution in [-0.2, 0) is 12.3 Å². The topological polar surface area (TPSA) is 25.2 Å². The van der Waals surface area contributed by atoms with E-state index in [1.807, 2.05) is 12.1 Å². The lowest BCUT2D eigenvalue weighted by Gasteiger charge is -2.02.